The Hall–Kier alpha value is -1.10. The number of nitrogens with zero attached hydrogens (tertiary/aromatic N) is 1. The zero-order valence-electron chi connectivity index (χ0n) is 12.3. The third kappa shape index (κ3) is 3.93. The SMILES string of the molecule is COCCN(C(=O)C1CC(C)CC1C(=O)O)C(C)C. The van der Waals surface area contributed by atoms with Crippen molar-refractivity contribution in [1.82, 2.24) is 4.90 Å². The highest BCUT2D eigenvalue weighted by Gasteiger charge is 2.43. The van der Waals surface area contributed by atoms with Crippen LogP contribution in [-0.2, 0) is 14.3 Å². The molecule has 0 aromatic carbocycles. The van der Waals surface area contributed by atoms with E-state index in [0.29, 0.717) is 31.9 Å². The van der Waals surface area contributed by atoms with Gasteiger partial charge in [0.1, 0.15) is 0 Å². The summed E-state index contributed by atoms with van der Waals surface area (Å²) in [5, 5.41) is 9.25. The number of hydrogen-bond acceptors (Lipinski definition) is 3. The van der Waals surface area contributed by atoms with Gasteiger partial charge in [-0.25, -0.2) is 0 Å². The molecule has 3 atom stereocenters. The molecule has 1 rings (SSSR count). The summed E-state index contributed by atoms with van der Waals surface area (Å²) in [6.07, 6.45) is 1.27. The summed E-state index contributed by atoms with van der Waals surface area (Å²) in [6, 6.07) is 0.0630. The van der Waals surface area contributed by atoms with E-state index in [4.69, 9.17) is 4.74 Å². The van der Waals surface area contributed by atoms with Crippen LogP contribution in [0, 0.1) is 17.8 Å². The number of ether oxygens (including phenoxy) is 1. The number of carboxylic acids is 1. The molecule has 1 aliphatic rings. The van der Waals surface area contributed by atoms with Crippen LogP contribution in [0.15, 0.2) is 0 Å². The zero-order valence-corrected chi connectivity index (χ0v) is 12.3. The number of hydrogen-bond donors (Lipinski definition) is 1. The molecule has 5 heteroatoms. The molecule has 5 nitrogen and oxygen atoms in total. The maximum Gasteiger partial charge on any atom is 0.307 e. The lowest BCUT2D eigenvalue weighted by atomic mass is 9.94. The van der Waals surface area contributed by atoms with Crippen molar-refractivity contribution in [3.8, 4) is 0 Å². The van der Waals surface area contributed by atoms with Gasteiger partial charge in [0.15, 0.2) is 0 Å². The Kier molecular flexibility index (Phi) is 5.79. The molecule has 3 unspecified atom stereocenters. The molecule has 0 heterocycles. The molecule has 0 aliphatic heterocycles. The van der Waals surface area contributed by atoms with E-state index < -0.39 is 11.9 Å². The second kappa shape index (κ2) is 6.89. The van der Waals surface area contributed by atoms with Crippen molar-refractivity contribution in [2.45, 2.75) is 39.7 Å². The minimum Gasteiger partial charge on any atom is -0.481 e. The Morgan fingerprint density at radius 1 is 1.32 bits per heavy atom. The number of carbonyl (C=O) groups excluding carboxylic acids is 1. The Morgan fingerprint density at radius 2 is 1.89 bits per heavy atom. The Bertz CT molecular complexity index is 329. The fourth-order valence-electron chi connectivity index (χ4n) is 2.86. The molecule has 110 valence electrons. The van der Waals surface area contributed by atoms with Crippen molar-refractivity contribution in [3.05, 3.63) is 0 Å². The largest absolute Gasteiger partial charge is 0.481 e. The van der Waals surface area contributed by atoms with Crippen molar-refractivity contribution in [3.63, 3.8) is 0 Å². The summed E-state index contributed by atoms with van der Waals surface area (Å²) in [7, 11) is 1.60. The molecular weight excluding hydrogens is 246 g/mol. The lowest BCUT2D eigenvalue weighted by Crippen LogP contribution is -2.44. The average Bonchev–Trinajstić information content (AvgIpc) is 2.71. The maximum absolute atomic E-state index is 12.6. The standard InChI is InChI=1S/C14H25NO4/c1-9(2)15(5-6-19-4)13(16)11-7-10(3)8-12(11)14(17)18/h9-12H,5-8H2,1-4H3,(H,17,18). The Balaban J connectivity index is 2.80. The van der Waals surface area contributed by atoms with Crippen LogP contribution >= 0.6 is 0 Å². The fourth-order valence-corrected chi connectivity index (χ4v) is 2.86. The van der Waals surface area contributed by atoms with Gasteiger partial charge in [-0.3, -0.25) is 9.59 Å². The number of methoxy groups -OCH3 is 1. The molecular formula is C14H25NO4. The second-order valence-electron chi connectivity index (χ2n) is 5.75. The van der Waals surface area contributed by atoms with Gasteiger partial charge < -0.3 is 14.7 Å². The van der Waals surface area contributed by atoms with Gasteiger partial charge in [0.2, 0.25) is 5.91 Å². The van der Waals surface area contributed by atoms with Gasteiger partial charge in [-0.15, -0.1) is 0 Å². The number of aliphatic carboxylic acids is 1. The smallest absolute Gasteiger partial charge is 0.307 e. The first-order chi connectivity index (χ1) is 8.88. The van der Waals surface area contributed by atoms with Crippen molar-refractivity contribution >= 4 is 11.9 Å². The van der Waals surface area contributed by atoms with Crippen LogP contribution in [0.25, 0.3) is 0 Å². The van der Waals surface area contributed by atoms with Crippen molar-refractivity contribution < 1.29 is 19.4 Å². The predicted molar refractivity (Wildman–Crippen MR) is 71.7 cm³/mol. The van der Waals surface area contributed by atoms with Crippen LogP contribution in [-0.4, -0.2) is 48.2 Å². The van der Waals surface area contributed by atoms with E-state index in [1.165, 1.54) is 0 Å². The first-order valence-corrected chi connectivity index (χ1v) is 6.90. The van der Waals surface area contributed by atoms with Crippen LogP contribution < -0.4 is 0 Å². The van der Waals surface area contributed by atoms with Gasteiger partial charge in [0.05, 0.1) is 18.4 Å². The van der Waals surface area contributed by atoms with E-state index in [2.05, 4.69) is 0 Å². The van der Waals surface area contributed by atoms with E-state index in [-0.39, 0.29) is 17.9 Å². The molecule has 1 aliphatic carbocycles. The van der Waals surface area contributed by atoms with Gasteiger partial charge >= 0.3 is 5.97 Å². The van der Waals surface area contributed by atoms with Gasteiger partial charge in [-0.05, 0) is 32.6 Å². The third-order valence-corrected chi connectivity index (χ3v) is 3.88. The molecule has 0 spiro atoms. The second-order valence-corrected chi connectivity index (χ2v) is 5.75. The van der Waals surface area contributed by atoms with Gasteiger partial charge in [0, 0.05) is 19.7 Å². The highest BCUT2D eigenvalue weighted by atomic mass is 16.5. The van der Waals surface area contributed by atoms with E-state index in [0.717, 1.165) is 0 Å². The van der Waals surface area contributed by atoms with Gasteiger partial charge in [-0.1, -0.05) is 6.92 Å². The summed E-state index contributed by atoms with van der Waals surface area (Å²) in [5.74, 6) is -1.51. The van der Waals surface area contributed by atoms with Gasteiger partial charge in [0.25, 0.3) is 0 Å². The topological polar surface area (TPSA) is 66.8 Å². The van der Waals surface area contributed by atoms with Crippen LogP contribution in [0.1, 0.15) is 33.6 Å². The number of amides is 1. The highest BCUT2D eigenvalue weighted by molar-refractivity contribution is 5.85. The van der Waals surface area contributed by atoms with E-state index >= 15 is 0 Å². The van der Waals surface area contributed by atoms with Crippen molar-refractivity contribution in [1.29, 1.82) is 0 Å². The van der Waals surface area contributed by atoms with Crippen molar-refractivity contribution in [2.75, 3.05) is 20.3 Å². The molecule has 1 fully saturated rings. The first-order valence-electron chi connectivity index (χ1n) is 6.90. The molecule has 0 bridgehead atoms. The lowest BCUT2D eigenvalue weighted by Gasteiger charge is -2.30. The fraction of sp³-hybridized carbons (Fsp3) is 0.857. The monoisotopic (exact) mass is 271 g/mol. The first kappa shape index (κ1) is 16.0. The molecule has 1 amide bonds. The van der Waals surface area contributed by atoms with Crippen LogP contribution in [0.3, 0.4) is 0 Å². The number of carbonyl (C=O) groups is 2. The lowest BCUT2D eigenvalue weighted by molar-refractivity contribution is -0.150. The summed E-state index contributed by atoms with van der Waals surface area (Å²) >= 11 is 0. The summed E-state index contributed by atoms with van der Waals surface area (Å²) in [6.45, 7) is 6.90. The third-order valence-electron chi connectivity index (χ3n) is 3.88. The normalized spacial score (nSPS) is 26.7. The summed E-state index contributed by atoms with van der Waals surface area (Å²) in [4.78, 5) is 25.6. The van der Waals surface area contributed by atoms with Crippen LogP contribution in [0.2, 0.25) is 0 Å². The Morgan fingerprint density at radius 3 is 2.37 bits per heavy atom. The van der Waals surface area contributed by atoms with Crippen molar-refractivity contribution in [2.24, 2.45) is 17.8 Å². The van der Waals surface area contributed by atoms with Crippen LogP contribution in [0.5, 0.6) is 0 Å². The average molecular weight is 271 g/mol. The minimum atomic E-state index is -0.849. The molecule has 1 N–H and O–H groups in total. The number of carboxylic acid groups (broad SMARTS) is 1. The highest BCUT2D eigenvalue weighted by Crippen LogP contribution is 2.37. The quantitative estimate of drug-likeness (QED) is 0.797. The molecule has 0 saturated heterocycles. The van der Waals surface area contributed by atoms with E-state index in [9.17, 15) is 14.7 Å². The maximum atomic E-state index is 12.6. The van der Waals surface area contributed by atoms with E-state index in [1.807, 2.05) is 20.8 Å². The molecule has 1 saturated carbocycles. The minimum absolute atomic E-state index is 0.0381. The number of rotatable bonds is 6. The molecule has 19 heavy (non-hydrogen) atoms. The summed E-state index contributed by atoms with van der Waals surface area (Å²) in [5.41, 5.74) is 0. The molecule has 0 aromatic rings. The van der Waals surface area contributed by atoms with E-state index in [1.54, 1.807) is 12.0 Å². The zero-order chi connectivity index (χ0) is 14.6. The van der Waals surface area contributed by atoms with Crippen LogP contribution in [0.4, 0.5) is 0 Å². The molecule has 0 aromatic heterocycles. The Labute approximate surface area is 114 Å². The predicted octanol–water partition coefficient (Wildman–Crippen LogP) is 1.62. The summed E-state index contributed by atoms with van der Waals surface area (Å²) < 4.78 is 5.02. The molecule has 0 radical (unpaired) electrons. The van der Waals surface area contributed by atoms with Gasteiger partial charge in [-0.2, -0.15) is 0 Å².